The van der Waals surface area contributed by atoms with Crippen LogP contribution in [0.2, 0.25) is 0 Å². The van der Waals surface area contributed by atoms with Crippen molar-refractivity contribution in [3.8, 4) is 0 Å². The van der Waals surface area contributed by atoms with Gasteiger partial charge in [0.05, 0.1) is 18.9 Å². The Morgan fingerprint density at radius 1 is 1.17 bits per heavy atom. The average Bonchev–Trinajstić information content (AvgIpc) is 3.61. The van der Waals surface area contributed by atoms with E-state index in [4.69, 9.17) is 23.4 Å². The highest BCUT2D eigenvalue weighted by Crippen LogP contribution is 2.70. The Labute approximate surface area is 278 Å². The van der Waals surface area contributed by atoms with Crippen molar-refractivity contribution < 1.29 is 62.7 Å². The summed E-state index contributed by atoms with van der Waals surface area (Å²) in [6.45, 7) is 13.4. The summed E-state index contributed by atoms with van der Waals surface area (Å²) in [4.78, 5) is 65.7. The molecule has 1 aromatic heterocycles. The number of ether oxygens (including phenoxy) is 4. The van der Waals surface area contributed by atoms with Crippen LogP contribution >= 0.6 is 0 Å². The fourth-order valence-electron chi connectivity index (χ4n) is 9.07. The van der Waals surface area contributed by atoms with Crippen molar-refractivity contribution in [2.24, 2.45) is 34.5 Å². The third-order valence-corrected chi connectivity index (χ3v) is 11.8. The van der Waals surface area contributed by atoms with E-state index in [1.54, 1.807) is 40.7 Å². The minimum atomic E-state index is -2.25. The van der Waals surface area contributed by atoms with Gasteiger partial charge in [-0.2, -0.15) is 0 Å². The van der Waals surface area contributed by atoms with Gasteiger partial charge >= 0.3 is 29.8 Å². The average molecular weight is 673 g/mol. The number of aliphatic carboxylic acids is 1. The zero-order chi connectivity index (χ0) is 35.6. The summed E-state index contributed by atoms with van der Waals surface area (Å²) in [7, 11) is 0. The predicted molar refractivity (Wildman–Crippen MR) is 165 cm³/mol. The highest BCUT2D eigenvalue weighted by atomic mass is 16.6. The van der Waals surface area contributed by atoms with Crippen LogP contribution in [0.25, 0.3) is 0 Å². The van der Waals surface area contributed by atoms with Gasteiger partial charge in [-0.1, -0.05) is 46.8 Å². The number of aliphatic hydroxyl groups is 2. The summed E-state index contributed by atoms with van der Waals surface area (Å²) in [6.07, 6.45) is 0.904. The number of fused-ring (bicyclic) bond motifs is 2. The van der Waals surface area contributed by atoms with Gasteiger partial charge in [0.1, 0.15) is 35.9 Å². The van der Waals surface area contributed by atoms with Crippen molar-refractivity contribution >= 4 is 29.8 Å². The summed E-state index contributed by atoms with van der Waals surface area (Å²) in [5.41, 5.74) is -6.41. The van der Waals surface area contributed by atoms with E-state index in [9.17, 15) is 39.3 Å². The molecule has 0 amide bonds. The van der Waals surface area contributed by atoms with Crippen molar-refractivity contribution in [1.29, 1.82) is 0 Å². The molecule has 3 heterocycles. The number of rotatable bonds is 8. The van der Waals surface area contributed by atoms with E-state index in [1.165, 1.54) is 25.5 Å². The monoisotopic (exact) mass is 672 g/mol. The predicted octanol–water partition coefficient (Wildman–Crippen LogP) is 3.08. The van der Waals surface area contributed by atoms with E-state index in [0.29, 0.717) is 12.0 Å². The lowest BCUT2D eigenvalue weighted by atomic mass is 9.45. The molecule has 3 fully saturated rings. The van der Waals surface area contributed by atoms with Gasteiger partial charge in [-0.25, -0.2) is 9.59 Å². The van der Waals surface area contributed by atoms with Crippen LogP contribution in [-0.2, 0) is 42.9 Å². The van der Waals surface area contributed by atoms with Crippen LogP contribution in [-0.4, -0.2) is 81.3 Å². The maximum absolute atomic E-state index is 13.7. The Hall–Kier alpha value is -3.97. The summed E-state index contributed by atoms with van der Waals surface area (Å²) >= 11 is 0. The summed E-state index contributed by atoms with van der Waals surface area (Å²) < 4.78 is 28.3. The van der Waals surface area contributed by atoms with Gasteiger partial charge in [0.2, 0.25) is 0 Å². The fourth-order valence-corrected chi connectivity index (χ4v) is 9.07. The topological polar surface area (TPSA) is 196 Å². The molecule has 13 nitrogen and oxygen atoms in total. The highest BCUT2D eigenvalue weighted by molar-refractivity contribution is 5.84. The number of carbonyl (C=O) groups is 5. The molecule has 1 saturated heterocycles. The standard InChI is InChI=1S/C35H44O13/c1-8-17(2)28(39)31(42)47-29-26(30(40)41)27(32(5)11-9-24(37)48-33(6)16-45-25(38)14-22(32)33)18(3)35(43)23(46-19(4)36)13-21(34(29,35)7)20-10-12-44-15-20/h9-12,15,17,21-23,26-29,39,43H,3,8,13-14,16H2,1-2,4-7H3,(H,40,41)/t17-,21+,22-,23-,26+,27-,28-,29+,32+,33-,34-,35-/m1/s1. The molecule has 12 atom stereocenters. The van der Waals surface area contributed by atoms with E-state index < -0.39 is 99.8 Å². The Balaban J connectivity index is 1.80. The zero-order valence-corrected chi connectivity index (χ0v) is 28.0. The molecule has 2 aliphatic carbocycles. The van der Waals surface area contributed by atoms with E-state index in [2.05, 4.69) is 6.58 Å². The number of aliphatic hydroxyl groups excluding tert-OH is 1. The molecule has 4 aliphatic rings. The second kappa shape index (κ2) is 12.2. The first-order valence-corrected chi connectivity index (χ1v) is 16.2. The molecular formula is C35H44O13. The molecular weight excluding hydrogens is 628 g/mol. The molecule has 13 heteroatoms. The van der Waals surface area contributed by atoms with E-state index in [1.807, 2.05) is 0 Å². The van der Waals surface area contributed by atoms with Crippen molar-refractivity contribution in [1.82, 2.24) is 0 Å². The Kier molecular flexibility index (Phi) is 8.96. The summed E-state index contributed by atoms with van der Waals surface area (Å²) in [6, 6.07) is 1.63. The minimum absolute atomic E-state index is 0.0339. The molecule has 0 aromatic carbocycles. The Morgan fingerprint density at radius 2 is 1.85 bits per heavy atom. The molecule has 0 spiro atoms. The fraction of sp³-hybridized carbons (Fsp3) is 0.629. The zero-order valence-electron chi connectivity index (χ0n) is 28.0. The third kappa shape index (κ3) is 5.17. The number of esters is 4. The minimum Gasteiger partial charge on any atom is -0.481 e. The highest BCUT2D eigenvalue weighted by Gasteiger charge is 2.77. The molecule has 3 N–H and O–H groups in total. The van der Waals surface area contributed by atoms with Crippen molar-refractivity contribution in [2.45, 2.75) is 96.2 Å². The Morgan fingerprint density at radius 3 is 2.44 bits per heavy atom. The molecule has 1 aromatic rings. The van der Waals surface area contributed by atoms with Crippen LogP contribution in [0.5, 0.6) is 0 Å². The number of hydrogen-bond donors (Lipinski definition) is 3. The molecule has 0 bridgehead atoms. The number of carboxylic acid groups (broad SMARTS) is 1. The van der Waals surface area contributed by atoms with E-state index in [-0.39, 0.29) is 25.0 Å². The molecule has 48 heavy (non-hydrogen) atoms. The van der Waals surface area contributed by atoms with Crippen LogP contribution in [0.15, 0.2) is 47.3 Å². The smallest absolute Gasteiger partial charge is 0.335 e. The number of cyclic esters (lactones) is 1. The van der Waals surface area contributed by atoms with Crippen molar-refractivity contribution in [3.63, 3.8) is 0 Å². The van der Waals surface area contributed by atoms with Crippen LogP contribution in [0.3, 0.4) is 0 Å². The van der Waals surface area contributed by atoms with Crippen LogP contribution in [0.4, 0.5) is 0 Å². The van der Waals surface area contributed by atoms with Gasteiger partial charge in [-0.15, -0.1) is 0 Å². The van der Waals surface area contributed by atoms with Crippen LogP contribution < -0.4 is 0 Å². The van der Waals surface area contributed by atoms with Gasteiger partial charge in [0.25, 0.3) is 0 Å². The number of furan rings is 1. The van der Waals surface area contributed by atoms with Crippen LogP contribution in [0.1, 0.15) is 72.3 Å². The number of carbonyl (C=O) groups excluding carboxylic acids is 4. The lowest BCUT2D eigenvalue weighted by Gasteiger charge is -2.61. The van der Waals surface area contributed by atoms with Gasteiger partial charge in [-0.3, -0.25) is 14.4 Å². The molecule has 262 valence electrons. The van der Waals surface area contributed by atoms with Gasteiger partial charge in [0, 0.05) is 41.6 Å². The third-order valence-electron chi connectivity index (χ3n) is 11.8. The van der Waals surface area contributed by atoms with E-state index >= 15 is 0 Å². The molecule has 0 unspecified atom stereocenters. The summed E-state index contributed by atoms with van der Waals surface area (Å²) in [5.74, 6) is -9.87. The molecule has 5 rings (SSSR count). The molecule has 2 aliphatic heterocycles. The van der Waals surface area contributed by atoms with Gasteiger partial charge < -0.3 is 38.7 Å². The second-order valence-electron chi connectivity index (χ2n) is 14.4. The molecule has 0 radical (unpaired) electrons. The van der Waals surface area contributed by atoms with Crippen molar-refractivity contribution in [3.05, 3.63) is 48.5 Å². The first kappa shape index (κ1) is 35.3. The number of allylic oxidation sites excluding steroid dienone is 1. The number of hydrogen-bond acceptors (Lipinski definition) is 12. The maximum Gasteiger partial charge on any atom is 0.335 e. The van der Waals surface area contributed by atoms with Gasteiger partial charge in [0.15, 0.2) is 6.10 Å². The quantitative estimate of drug-likeness (QED) is 0.207. The van der Waals surface area contributed by atoms with Crippen molar-refractivity contribution in [2.75, 3.05) is 6.61 Å². The second-order valence-corrected chi connectivity index (χ2v) is 14.4. The lowest BCUT2D eigenvalue weighted by molar-refractivity contribution is -0.231. The Bertz CT molecular complexity index is 1530. The largest absolute Gasteiger partial charge is 0.481 e. The normalized spacial score (nSPS) is 40.4. The SMILES string of the molecule is C=C1[C@@H]([C@@]2(C)C=CC(=O)O[C@]3(C)COC(=O)C[C@H]23)[C@H](C(=O)O)[C@H](OC(=O)[C@H](O)[C@H](C)CC)[C@@]2(C)[C@H](c3ccoc3)C[C@@H](OC(C)=O)[C@]12O. The molecule has 2 saturated carbocycles. The maximum atomic E-state index is 13.7. The number of carboxylic acids is 1. The first-order chi connectivity index (χ1) is 22.4. The van der Waals surface area contributed by atoms with E-state index in [0.717, 1.165) is 6.08 Å². The first-order valence-electron chi connectivity index (χ1n) is 16.2. The van der Waals surface area contributed by atoms with Gasteiger partial charge in [-0.05, 0) is 36.5 Å². The van der Waals surface area contributed by atoms with Crippen LogP contribution in [0, 0.1) is 34.5 Å². The summed E-state index contributed by atoms with van der Waals surface area (Å²) in [5, 5.41) is 35.3. The lowest BCUT2D eigenvalue weighted by Crippen LogP contribution is -2.70.